The quantitative estimate of drug-likeness (QED) is 0.895. The summed E-state index contributed by atoms with van der Waals surface area (Å²) in [7, 11) is 0. The molecule has 1 unspecified atom stereocenters. The van der Waals surface area contributed by atoms with E-state index in [-0.39, 0.29) is 12.6 Å². The van der Waals surface area contributed by atoms with Gasteiger partial charge in [0.25, 0.3) is 0 Å². The Morgan fingerprint density at radius 3 is 2.47 bits per heavy atom. The molecule has 0 saturated heterocycles. The maximum absolute atomic E-state index is 9.44. The first-order chi connectivity index (χ1) is 8.19. The maximum Gasteiger partial charge on any atom is 0.0837 e. The first kappa shape index (κ1) is 12.6. The summed E-state index contributed by atoms with van der Waals surface area (Å²) in [6.07, 6.45) is 0. The second-order valence-electron chi connectivity index (χ2n) is 3.83. The third-order valence-corrected chi connectivity index (χ3v) is 4.12. The summed E-state index contributed by atoms with van der Waals surface area (Å²) in [5.41, 5.74) is 1.01. The van der Waals surface area contributed by atoms with Gasteiger partial charge in [-0.2, -0.15) is 0 Å². The number of benzene rings is 1. The van der Waals surface area contributed by atoms with E-state index in [0.717, 1.165) is 15.0 Å². The van der Waals surface area contributed by atoms with Gasteiger partial charge in [0.05, 0.1) is 12.6 Å². The summed E-state index contributed by atoms with van der Waals surface area (Å²) in [5, 5.41) is 12.8. The predicted octanol–water partition coefficient (Wildman–Crippen LogP) is 3.96. The van der Waals surface area contributed by atoms with Crippen molar-refractivity contribution < 1.29 is 5.11 Å². The van der Waals surface area contributed by atoms with Gasteiger partial charge >= 0.3 is 0 Å². The van der Waals surface area contributed by atoms with Gasteiger partial charge in [-0.05, 0) is 43.3 Å². The lowest BCUT2D eigenvalue weighted by Crippen LogP contribution is -2.13. The number of thiophene rings is 1. The standard InChI is InChI=1S/C13H14BrNOS/c1-9-2-7-13(17-9)12(8-16)15-11-5-3-10(14)4-6-11/h2-7,12,15-16H,8H2,1H3. The minimum atomic E-state index is -0.0325. The highest BCUT2D eigenvalue weighted by atomic mass is 79.9. The Hall–Kier alpha value is -0.840. The van der Waals surface area contributed by atoms with Crippen molar-refractivity contribution in [3.05, 3.63) is 50.6 Å². The summed E-state index contributed by atoms with van der Waals surface area (Å²) >= 11 is 5.11. The number of hydrogen-bond acceptors (Lipinski definition) is 3. The number of anilines is 1. The highest BCUT2D eigenvalue weighted by molar-refractivity contribution is 9.10. The van der Waals surface area contributed by atoms with Crippen molar-refractivity contribution in [1.82, 2.24) is 0 Å². The lowest BCUT2D eigenvalue weighted by Gasteiger charge is -2.16. The largest absolute Gasteiger partial charge is 0.394 e. The highest BCUT2D eigenvalue weighted by Crippen LogP contribution is 2.26. The van der Waals surface area contributed by atoms with Crippen LogP contribution < -0.4 is 5.32 Å². The lowest BCUT2D eigenvalue weighted by molar-refractivity contribution is 0.278. The summed E-state index contributed by atoms with van der Waals surface area (Å²) < 4.78 is 1.05. The fraction of sp³-hybridized carbons (Fsp3) is 0.231. The Morgan fingerprint density at radius 1 is 1.24 bits per heavy atom. The summed E-state index contributed by atoms with van der Waals surface area (Å²) in [5.74, 6) is 0. The second kappa shape index (κ2) is 5.67. The Labute approximate surface area is 113 Å². The molecule has 4 heteroatoms. The SMILES string of the molecule is Cc1ccc(C(CO)Nc2ccc(Br)cc2)s1. The molecule has 0 saturated carbocycles. The van der Waals surface area contributed by atoms with Gasteiger partial charge in [-0.15, -0.1) is 11.3 Å². The molecule has 1 aromatic carbocycles. The number of aryl methyl sites for hydroxylation is 1. The monoisotopic (exact) mass is 311 g/mol. The fourth-order valence-corrected chi connectivity index (χ4v) is 2.78. The van der Waals surface area contributed by atoms with E-state index in [0.29, 0.717) is 0 Å². The Kier molecular flexibility index (Phi) is 4.20. The van der Waals surface area contributed by atoms with Crippen LogP contribution in [0.2, 0.25) is 0 Å². The van der Waals surface area contributed by atoms with Gasteiger partial charge in [-0.3, -0.25) is 0 Å². The molecule has 0 aliphatic carbocycles. The van der Waals surface area contributed by atoms with E-state index in [9.17, 15) is 5.11 Å². The van der Waals surface area contributed by atoms with E-state index in [1.807, 2.05) is 24.3 Å². The van der Waals surface area contributed by atoms with Crippen molar-refractivity contribution >= 4 is 33.0 Å². The van der Waals surface area contributed by atoms with Crippen molar-refractivity contribution in [1.29, 1.82) is 0 Å². The molecule has 90 valence electrons. The highest BCUT2D eigenvalue weighted by Gasteiger charge is 2.11. The van der Waals surface area contributed by atoms with Gasteiger partial charge in [-0.25, -0.2) is 0 Å². The molecule has 0 radical (unpaired) electrons. The maximum atomic E-state index is 9.44. The Morgan fingerprint density at radius 2 is 1.94 bits per heavy atom. The molecule has 1 aromatic heterocycles. The molecule has 0 spiro atoms. The van der Waals surface area contributed by atoms with E-state index >= 15 is 0 Å². The van der Waals surface area contributed by atoms with E-state index in [2.05, 4.69) is 40.3 Å². The minimum absolute atomic E-state index is 0.0325. The lowest BCUT2D eigenvalue weighted by atomic mass is 10.2. The number of halogens is 1. The average molecular weight is 312 g/mol. The number of hydrogen-bond donors (Lipinski definition) is 2. The molecule has 2 rings (SSSR count). The van der Waals surface area contributed by atoms with Crippen LogP contribution >= 0.6 is 27.3 Å². The second-order valence-corrected chi connectivity index (χ2v) is 6.07. The molecule has 1 heterocycles. The molecule has 0 aliphatic rings. The van der Waals surface area contributed by atoms with Gasteiger partial charge in [0.15, 0.2) is 0 Å². The smallest absolute Gasteiger partial charge is 0.0837 e. The molecular formula is C13H14BrNOS. The first-order valence-electron chi connectivity index (χ1n) is 5.38. The molecule has 17 heavy (non-hydrogen) atoms. The van der Waals surface area contributed by atoms with Crippen molar-refractivity contribution in [2.75, 3.05) is 11.9 Å². The average Bonchev–Trinajstić information content (AvgIpc) is 2.75. The molecular weight excluding hydrogens is 298 g/mol. The third-order valence-electron chi connectivity index (χ3n) is 2.47. The molecule has 0 amide bonds. The van der Waals surface area contributed by atoms with Crippen LogP contribution in [0.1, 0.15) is 15.8 Å². The van der Waals surface area contributed by atoms with E-state index in [1.165, 1.54) is 4.88 Å². The number of rotatable bonds is 4. The Balaban J connectivity index is 2.12. The van der Waals surface area contributed by atoms with Crippen LogP contribution in [-0.4, -0.2) is 11.7 Å². The zero-order chi connectivity index (χ0) is 12.3. The molecule has 0 bridgehead atoms. The Bertz CT molecular complexity index is 480. The van der Waals surface area contributed by atoms with Crippen LogP contribution in [0.4, 0.5) is 5.69 Å². The number of aliphatic hydroxyl groups excluding tert-OH is 1. The van der Waals surface area contributed by atoms with Crippen molar-refractivity contribution in [2.24, 2.45) is 0 Å². The van der Waals surface area contributed by atoms with Gasteiger partial charge in [0, 0.05) is 19.9 Å². The van der Waals surface area contributed by atoms with E-state index in [1.54, 1.807) is 11.3 Å². The van der Waals surface area contributed by atoms with Crippen LogP contribution in [0.25, 0.3) is 0 Å². The van der Waals surface area contributed by atoms with Crippen molar-refractivity contribution in [3.63, 3.8) is 0 Å². The molecule has 1 atom stereocenters. The fourth-order valence-electron chi connectivity index (χ4n) is 1.59. The van der Waals surface area contributed by atoms with Crippen LogP contribution in [0.3, 0.4) is 0 Å². The summed E-state index contributed by atoms with van der Waals surface area (Å²) in [6.45, 7) is 2.16. The van der Waals surface area contributed by atoms with E-state index in [4.69, 9.17) is 0 Å². The molecule has 2 nitrogen and oxygen atoms in total. The third kappa shape index (κ3) is 3.31. The van der Waals surface area contributed by atoms with Gasteiger partial charge in [-0.1, -0.05) is 15.9 Å². The van der Waals surface area contributed by atoms with Crippen LogP contribution in [0, 0.1) is 6.92 Å². The minimum Gasteiger partial charge on any atom is -0.394 e. The zero-order valence-corrected chi connectivity index (χ0v) is 11.9. The molecule has 2 aromatic rings. The number of aliphatic hydroxyl groups is 1. The normalized spacial score (nSPS) is 12.4. The molecule has 2 N–H and O–H groups in total. The van der Waals surface area contributed by atoms with Crippen molar-refractivity contribution in [3.8, 4) is 0 Å². The van der Waals surface area contributed by atoms with Crippen molar-refractivity contribution in [2.45, 2.75) is 13.0 Å². The van der Waals surface area contributed by atoms with Crippen LogP contribution in [-0.2, 0) is 0 Å². The first-order valence-corrected chi connectivity index (χ1v) is 6.99. The molecule has 0 aliphatic heterocycles. The van der Waals surface area contributed by atoms with Gasteiger partial charge in [0.1, 0.15) is 0 Å². The summed E-state index contributed by atoms with van der Waals surface area (Å²) in [6, 6.07) is 12.1. The zero-order valence-electron chi connectivity index (χ0n) is 9.48. The van der Waals surface area contributed by atoms with Gasteiger partial charge in [0.2, 0.25) is 0 Å². The van der Waals surface area contributed by atoms with Crippen LogP contribution in [0.5, 0.6) is 0 Å². The van der Waals surface area contributed by atoms with Crippen LogP contribution in [0.15, 0.2) is 40.9 Å². The predicted molar refractivity (Wildman–Crippen MR) is 76.6 cm³/mol. The van der Waals surface area contributed by atoms with Gasteiger partial charge < -0.3 is 10.4 Å². The molecule has 0 fully saturated rings. The van der Waals surface area contributed by atoms with E-state index < -0.39 is 0 Å². The summed E-state index contributed by atoms with van der Waals surface area (Å²) in [4.78, 5) is 2.42. The number of nitrogens with one attached hydrogen (secondary N) is 1. The topological polar surface area (TPSA) is 32.3 Å².